The van der Waals surface area contributed by atoms with Gasteiger partial charge in [-0.15, -0.1) is 0 Å². The highest BCUT2D eigenvalue weighted by Crippen LogP contribution is 2.29. The van der Waals surface area contributed by atoms with E-state index in [1.807, 2.05) is 32.9 Å². The third-order valence-electron chi connectivity index (χ3n) is 5.41. The Balaban J connectivity index is 1.99. The Kier molecular flexibility index (Phi) is 9.90. The fraction of sp³-hybridized carbons (Fsp3) is 0.464. The second kappa shape index (κ2) is 12.4. The van der Waals surface area contributed by atoms with Crippen LogP contribution in [0.15, 0.2) is 48.5 Å². The van der Waals surface area contributed by atoms with Gasteiger partial charge >= 0.3 is 18.0 Å². The summed E-state index contributed by atoms with van der Waals surface area (Å²) < 4.78 is 16.4. The number of amides is 1. The molecule has 0 aliphatic carbocycles. The number of carbonyl (C=O) groups is 3. The van der Waals surface area contributed by atoms with Crippen LogP contribution in [0.4, 0.5) is 4.79 Å². The standard InChI is InChI=1S/C28H37NO7/c1-7-8-17-34-25(32)28(5,6)20-11-15-22(16-12-20)35-21-13-9-19(10-14-21)18-23(24(30)31)29-26(33)36-27(2,3)4/h9-16,23H,7-8,17-18H2,1-6H3,(H,29,33)(H,30,31). The number of aliphatic carboxylic acids is 1. The van der Waals surface area contributed by atoms with Crippen LogP contribution in [0.3, 0.4) is 0 Å². The quantitative estimate of drug-likeness (QED) is 0.305. The van der Waals surface area contributed by atoms with Crippen LogP contribution in [0, 0.1) is 0 Å². The second-order valence-electron chi connectivity index (χ2n) is 10.1. The number of esters is 1. The third kappa shape index (κ3) is 8.91. The van der Waals surface area contributed by atoms with Crippen LogP contribution < -0.4 is 10.1 Å². The molecule has 2 aromatic rings. The molecule has 1 unspecified atom stereocenters. The number of hydrogen-bond donors (Lipinski definition) is 2. The number of rotatable bonds is 11. The number of carbonyl (C=O) groups excluding carboxylic acids is 2. The highest BCUT2D eigenvalue weighted by Gasteiger charge is 2.31. The van der Waals surface area contributed by atoms with E-state index in [-0.39, 0.29) is 12.4 Å². The average Bonchev–Trinajstić information content (AvgIpc) is 2.79. The molecule has 196 valence electrons. The van der Waals surface area contributed by atoms with Crippen molar-refractivity contribution < 1.29 is 33.7 Å². The molecule has 0 saturated heterocycles. The van der Waals surface area contributed by atoms with Gasteiger partial charge in [-0.25, -0.2) is 9.59 Å². The van der Waals surface area contributed by atoms with Gasteiger partial charge in [0.2, 0.25) is 0 Å². The Labute approximate surface area is 212 Å². The molecule has 36 heavy (non-hydrogen) atoms. The third-order valence-corrected chi connectivity index (χ3v) is 5.41. The summed E-state index contributed by atoms with van der Waals surface area (Å²) in [6.07, 6.45) is 1.11. The van der Waals surface area contributed by atoms with E-state index >= 15 is 0 Å². The Morgan fingerprint density at radius 2 is 1.47 bits per heavy atom. The molecule has 0 aromatic heterocycles. The van der Waals surface area contributed by atoms with E-state index in [4.69, 9.17) is 14.2 Å². The number of ether oxygens (including phenoxy) is 3. The van der Waals surface area contributed by atoms with Crippen molar-refractivity contribution in [3.05, 3.63) is 59.7 Å². The van der Waals surface area contributed by atoms with Crippen LogP contribution in [0.2, 0.25) is 0 Å². The molecule has 2 aromatic carbocycles. The lowest BCUT2D eigenvalue weighted by Crippen LogP contribution is -2.44. The summed E-state index contributed by atoms with van der Waals surface area (Å²) in [4.78, 5) is 36.0. The van der Waals surface area contributed by atoms with E-state index in [1.54, 1.807) is 57.2 Å². The number of hydrogen-bond acceptors (Lipinski definition) is 6. The Hall–Kier alpha value is -3.55. The summed E-state index contributed by atoms with van der Waals surface area (Å²) in [6.45, 7) is 11.2. The van der Waals surface area contributed by atoms with Crippen LogP contribution in [-0.2, 0) is 30.9 Å². The largest absolute Gasteiger partial charge is 0.480 e. The van der Waals surface area contributed by atoms with Gasteiger partial charge in [0.05, 0.1) is 12.0 Å². The molecule has 8 heteroatoms. The lowest BCUT2D eigenvalue weighted by molar-refractivity contribution is -0.149. The van der Waals surface area contributed by atoms with Crippen molar-refractivity contribution in [1.82, 2.24) is 5.32 Å². The Bertz CT molecular complexity index is 1020. The second-order valence-corrected chi connectivity index (χ2v) is 10.1. The number of alkyl carbamates (subject to hydrolysis) is 1. The van der Waals surface area contributed by atoms with E-state index in [0.29, 0.717) is 23.7 Å². The first-order valence-electron chi connectivity index (χ1n) is 12.1. The van der Waals surface area contributed by atoms with Crippen LogP contribution in [-0.4, -0.2) is 41.4 Å². The molecular weight excluding hydrogens is 462 g/mol. The van der Waals surface area contributed by atoms with Gasteiger partial charge in [-0.2, -0.15) is 0 Å². The van der Waals surface area contributed by atoms with E-state index in [1.165, 1.54) is 0 Å². The van der Waals surface area contributed by atoms with Crippen molar-refractivity contribution in [2.75, 3.05) is 6.61 Å². The van der Waals surface area contributed by atoms with Crippen LogP contribution in [0.25, 0.3) is 0 Å². The van der Waals surface area contributed by atoms with Crippen molar-refractivity contribution in [2.45, 2.75) is 77.9 Å². The van der Waals surface area contributed by atoms with E-state index in [9.17, 15) is 19.5 Å². The fourth-order valence-electron chi connectivity index (χ4n) is 3.26. The zero-order valence-electron chi connectivity index (χ0n) is 21.9. The zero-order chi connectivity index (χ0) is 26.9. The van der Waals surface area contributed by atoms with E-state index in [0.717, 1.165) is 18.4 Å². The summed E-state index contributed by atoms with van der Waals surface area (Å²) in [6, 6.07) is 13.1. The monoisotopic (exact) mass is 499 g/mol. The van der Waals surface area contributed by atoms with Gasteiger partial charge in [0, 0.05) is 6.42 Å². The topological polar surface area (TPSA) is 111 Å². The first kappa shape index (κ1) is 28.7. The maximum atomic E-state index is 12.5. The molecule has 0 heterocycles. The summed E-state index contributed by atoms with van der Waals surface area (Å²) in [7, 11) is 0. The van der Waals surface area contributed by atoms with Crippen molar-refractivity contribution in [3.8, 4) is 11.5 Å². The molecule has 0 radical (unpaired) electrons. The average molecular weight is 500 g/mol. The minimum atomic E-state index is -1.15. The maximum Gasteiger partial charge on any atom is 0.408 e. The van der Waals surface area contributed by atoms with Gasteiger partial charge in [0.15, 0.2) is 0 Å². The smallest absolute Gasteiger partial charge is 0.408 e. The number of unbranched alkanes of at least 4 members (excludes halogenated alkanes) is 1. The number of benzene rings is 2. The molecule has 2 rings (SSSR count). The van der Waals surface area contributed by atoms with Crippen LogP contribution in [0.1, 0.15) is 65.5 Å². The molecule has 0 fully saturated rings. The molecule has 0 aliphatic rings. The number of carboxylic acid groups (broad SMARTS) is 1. The summed E-state index contributed by atoms with van der Waals surface area (Å²) in [5.74, 6) is -0.257. The first-order chi connectivity index (χ1) is 16.8. The molecular formula is C28H37NO7. The lowest BCUT2D eigenvalue weighted by atomic mass is 9.85. The molecule has 0 spiro atoms. The molecule has 8 nitrogen and oxygen atoms in total. The molecule has 2 N–H and O–H groups in total. The van der Waals surface area contributed by atoms with Crippen molar-refractivity contribution in [3.63, 3.8) is 0 Å². The van der Waals surface area contributed by atoms with Crippen LogP contribution in [0.5, 0.6) is 11.5 Å². The summed E-state index contributed by atoms with van der Waals surface area (Å²) in [5.41, 5.74) is 0.0355. The minimum Gasteiger partial charge on any atom is -0.480 e. The fourth-order valence-corrected chi connectivity index (χ4v) is 3.26. The number of nitrogens with one attached hydrogen (secondary N) is 1. The Morgan fingerprint density at radius 3 is 1.97 bits per heavy atom. The van der Waals surface area contributed by atoms with Crippen LogP contribution >= 0.6 is 0 Å². The highest BCUT2D eigenvalue weighted by atomic mass is 16.6. The number of carboxylic acids is 1. The van der Waals surface area contributed by atoms with Gasteiger partial charge in [-0.3, -0.25) is 4.79 Å². The highest BCUT2D eigenvalue weighted by molar-refractivity contribution is 5.82. The van der Waals surface area contributed by atoms with Gasteiger partial charge in [0.1, 0.15) is 23.1 Å². The van der Waals surface area contributed by atoms with Gasteiger partial charge in [-0.1, -0.05) is 37.6 Å². The maximum absolute atomic E-state index is 12.5. The zero-order valence-corrected chi connectivity index (χ0v) is 21.9. The van der Waals surface area contributed by atoms with Gasteiger partial charge < -0.3 is 24.6 Å². The lowest BCUT2D eigenvalue weighted by Gasteiger charge is -2.23. The minimum absolute atomic E-state index is 0.0903. The summed E-state index contributed by atoms with van der Waals surface area (Å²) >= 11 is 0. The van der Waals surface area contributed by atoms with Gasteiger partial charge in [0.25, 0.3) is 0 Å². The molecule has 1 atom stereocenters. The van der Waals surface area contributed by atoms with Crippen molar-refractivity contribution in [2.24, 2.45) is 0 Å². The molecule has 0 aliphatic heterocycles. The molecule has 0 bridgehead atoms. The van der Waals surface area contributed by atoms with Crippen molar-refractivity contribution in [1.29, 1.82) is 0 Å². The molecule has 0 saturated carbocycles. The normalized spacial score (nSPS) is 12.4. The van der Waals surface area contributed by atoms with E-state index < -0.39 is 29.1 Å². The Morgan fingerprint density at radius 1 is 0.917 bits per heavy atom. The first-order valence-corrected chi connectivity index (χ1v) is 12.1. The van der Waals surface area contributed by atoms with Crippen molar-refractivity contribution >= 4 is 18.0 Å². The van der Waals surface area contributed by atoms with E-state index in [2.05, 4.69) is 5.32 Å². The predicted molar refractivity (Wildman–Crippen MR) is 136 cm³/mol. The SMILES string of the molecule is CCCCOC(=O)C(C)(C)c1ccc(Oc2ccc(CC(NC(=O)OC(C)(C)C)C(=O)O)cc2)cc1. The summed E-state index contributed by atoms with van der Waals surface area (Å²) in [5, 5.41) is 11.9. The predicted octanol–water partition coefficient (Wildman–Crippen LogP) is 5.62. The molecule has 1 amide bonds. The van der Waals surface area contributed by atoms with Gasteiger partial charge in [-0.05, 0) is 76.4 Å².